The molecule has 10 aromatic rings. The smallest absolute Gasteiger partial charge is 0.252 e. The molecule has 1 aliphatic carbocycles. The van der Waals surface area contributed by atoms with Crippen molar-refractivity contribution < 1.29 is 13.7 Å². The second-order valence-electron chi connectivity index (χ2n) is 25.2. The topological polar surface area (TPSA) is 9.72 Å². The van der Waals surface area contributed by atoms with Crippen LogP contribution in [0.1, 0.15) is 118 Å². The highest BCUT2D eigenvalue weighted by Crippen LogP contribution is 2.53. The third kappa shape index (κ3) is 8.50. The van der Waals surface area contributed by atoms with Crippen LogP contribution in [0.4, 0.5) is 51.2 Å². The van der Waals surface area contributed by atoms with E-state index in [1.807, 2.05) is 24.3 Å². The summed E-state index contributed by atoms with van der Waals surface area (Å²) in [6, 6.07) is 54.3. The lowest BCUT2D eigenvalue weighted by atomic mass is 9.33. The second kappa shape index (κ2) is 18.4. The van der Waals surface area contributed by atoms with Gasteiger partial charge in [0, 0.05) is 56.6 Å². The van der Waals surface area contributed by atoms with Crippen molar-refractivity contribution in [3.63, 3.8) is 0 Å². The summed E-state index contributed by atoms with van der Waals surface area (Å²) in [5.41, 5.74) is 20.9. The maximum atomic E-state index is 8.88. The molecule has 79 heavy (non-hydrogen) atoms. The van der Waals surface area contributed by atoms with Crippen LogP contribution in [0.2, 0.25) is 0 Å². The molecule has 0 fully saturated rings. The number of rotatable bonds is 7. The Kier molecular flexibility index (Phi) is 9.29. The molecule has 2 aliphatic heterocycles. The van der Waals surface area contributed by atoms with Gasteiger partial charge in [0.1, 0.15) is 0 Å². The van der Waals surface area contributed by atoms with Crippen LogP contribution in [0.25, 0.3) is 33.4 Å². The van der Waals surface area contributed by atoms with Gasteiger partial charge in [-0.05, 0) is 173 Å². The molecule has 0 aromatic heterocycles. The van der Waals surface area contributed by atoms with E-state index in [0.29, 0.717) is 22.5 Å². The highest BCUT2D eigenvalue weighted by atomic mass is 15.2. The van der Waals surface area contributed by atoms with E-state index in [2.05, 4.69) is 206 Å². The molecular formula is C75H70BN3. The van der Waals surface area contributed by atoms with Gasteiger partial charge in [0.05, 0.1) is 13.7 Å². The van der Waals surface area contributed by atoms with Crippen molar-refractivity contribution in [3.05, 3.63) is 252 Å². The Morgan fingerprint density at radius 2 is 0.899 bits per heavy atom. The van der Waals surface area contributed by atoms with Crippen LogP contribution in [-0.4, -0.2) is 6.71 Å². The molecular weight excluding hydrogens is 954 g/mol. The standard InChI is InChI=1S/C75H70BN3/c1-72(2,3)53-30-37-58(38-31-53)78-67-43-32-54(73(4,5)6)44-66(67)76-65-42-40-60(77(56-33-26-51(27-34-56)49-20-14-12-15-21-49)57-35-28-52(29-36-57)50-22-16-13-17-23-50)48-68(65)79(70-46-55(74(7,8)9)45-69(78)71(70)76)59-39-41-62-61-24-18-19-25-63(61)75(10,11)64(62)47-59/h12-48H,1-11H3/i12D,13D,14D,15D,16D,17D,20D,21D,22D,23D. The van der Waals surface area contributed by atoms with Crippen molar-refractivity contribution in [2.24, 2.45) is 0 Å². The molecule has 0 spiro atoms. The normalized spacial score (nSPS) is 15.8. The zero-order valence-corrected chi connectivity index (χ0v) is 47.0. The van der Waals surface area contributed by atoms with Crippen LogP contribution in [0.3, 0.4) is 0 Å². The first kappa shape index (κ1) is 39.9. The van der Waals surface area contributed by atoms with Crippen LogP contribution in [0, 0.1) is 0 Å². The summed E-state index contributed by atoms with van der Waals surface area (Å²) >= 11 is 0. The van der Waals surface area contributed by atoms with E-state index in [4.69, 9.17) is 13.7 Å². The Morgan fingerprint density at radius 3 is 1.47 bits per heavy atom. The number of benzene rings is 10. The average molecular weight is 1030 g/mol. The van der Waals surface area contributed by atoms with Crippen molar-refractivity contribution in [3.8, 4) is 33.4 Å². The Hall–Kier alpha value is -8.34. The summed E-state index contributed by atoms with van der Waals surface area (Å²) in [6.45, 7) is 24.8. The van der Waals surface area contributed by atoms with Gasteiger partial charge in [-0.25, -0.2) is 0 Å². The Morgan fingerprint density at radius 1 is 0.392 bits per heavy atom. The molecule has 0 atom stereocenters. The minimum atomic E-state index is -0.461. The van der Waals surface area contributed by atoms with Gasteiger partial charge in [-0.1, -0.05) is 222 Å². The molecule has 0 amide bonds. The van der Waals surface area contributed by atoms with Gasteiger partial charge in [-0.15, -0.1) is 0 Å². The third-order valence-corrected chi connectivity index (χ3v) is 16.7. The third-order valence-electron chi connectivity index (χ3n) is 16.7. The lowest BCUT2D eigenvalue weighted by Crippen LogP contribution is -2.61. The average Bonchev–Trinajstić information content (AvgIpc) is 1.74. The van der Waals surface area contributed by atoms with Crippen LogP contribution in [0.15, 0.2) is 224 Å². The van der Waals surface area contributed by atoms with Crippen LogP contribution in [-0.2, 0) is 21.7 Å². The van der Waals surface area contributed by atoms with Gasteiger partial charge in [0.2, 0.25) is 0 Å². The van der Waals surface area contributed by atoms with E-state index in [0.717, 1.165) is 45.3 Å². The maximum absolute atomic E-state index is 8.88. The first-order valence-corrected chi connectivity index (χ1v) is 27.5. The van der Waals surface area contributed by atoms with Crippen molar-refractivity contribution >= 4 is 74.3 Å². The SMILES string of the molecule is [2H]c1c([2H])c([2H])c(-c2ccc(N(c3ccc(-c4c([2H])c([2H])c([2H])c([2H])c4[2H])cc3)c3ccc4c(c3)N(c3ccc5c(c3)C(C)(C)c3ccccc3-5)c3cc(C(C)(C)C)cc5c3B4c3cc(C(C)(C)C)ccc3N5c3ccc(C(C)(C)C)cc3)cc2)c([2H])c1[2H]. The lowest BCUT2D eigenvalue weighted by molar-refractivity contribution is 0.589. The van der Waals surface area contributed by atoms with E-state index in [-0.39, 0.29) is 63.7 Å². The van der Waals surface area contributed by atoms with Gasteiger partial charge in [0.15, 0.2) is 0 Å². The highest BCUT2D eigenvalue weighted by molar-refractivity contribution is 7.00. The van der Waals surface area contributed by atoms with Crippen molar-refractivity contribution in [1.82, 2.24) is 0 Å². The zero-order valence-electron chi connectivity index (χ0n) is 57.0. The molecule has 13 rings (SSSR count). The predicted molar refractivity (Wildman–Crippen MR) is 340 cm³/mol. The Labute approximate surface area is 484 Å². The fourth-order valence-corrected chi connectivity index (χ4v) is 12.3. The fourth-order valence-electron chi connectivity index (χ4n) is 12.3. The molecule has 2 heterocycles. The van der Waals surface area contributed by atoms with E-state index in [9.17, 15) is 0 Å². The molecule has 4 heteroatoms. The molecule has 0 saturated heterocycles. The van der Waals surface area contributed by atoms with Gasteiger partial charge >= 0.3 is 0 Å². The Bertz CT molecular complexity index is 4420. The van der Waals surface area contributed by atoms with Gasteiger partial charge in [-0.2, -0.15) is 0 Å². The fraction of sp³-hybridized carbons (Fsp3) is 0.200. The largest absolute Gasteiger partial charge is 0.311 e. The van der Waals surface area contributed by atoms with Crippen LogP contribution in [0.5, 0.6) is 0 Å². The summed E-state index contributed by atoms with van der Waals surface area (Å²) in [7, 11) is 0. The molecule has 0 unspecified atom stereocenters. The molecule has 0 N–H and O–H groups in total. The maximum Gasteiger partial charge on any atom is 0.252 e. The van der Waals surface area contributed by atoms with Gasteiger partial charge < -0.3 is 14.7 Å². The Balaban J connectivity index is 1.09. The first-order chi connectivity index (χ1) is 42.0. The molecule has 3 nitrogen and oxygen atoms in total. The lowest BCUT2D eigenvalue weighted by Gasteiger charge is -2.46. The van der Waals surface area contributed by atoms with Crippen molar-refractivity contribution in [2.75, 3.05) is 14.7 Å². The molecule has 388 valence electrons. The van der Waals surface area contributed by atoms with Crippen LogP contribution >= 0.6 is 0 Å². The predicted octanol–water partition coefficient (Wildman–Crippen LogP) is 18.8. The summed E-state index contributed by atoms with van der Waals surface area (Å²) in [5, 5.41) is 0. The van der Waals surface area contributed by atoms with Gasteiger partial charge in [-0.3, -0.25) is 0 Å². The molecule has 0 radical (unpaired) electrons. The number of hydrogen-bond donors (Lipinski definition) is 0. The quantitative estimate of drug-likeness (QED) is 0.147. The summed E-state index contributed by atoms with van der Waals surface area (Å²) in [5.74, 6) is 0. The number of anilines is 9. The summed E-state index contributed by atoms with van der Waals surface area (Å²) in [4.78, 5) is 7.08. The van der Waals surface area contributed by atoms with Crippen molar-refractivity contribution in [1.29, 1.82) is 0 Å². The molecule has 0 saturated carbocycles. The number of nitrogens with zero attached hydrogens (tertiary/aromatic N) is 3. The van der Waals surface area contributed by atoms with E-state index in [1.165, 1.54) is 49.9 Å². The number of hydrogen-bond acceptors (Lipinski definition) is 3. The summed E-state index contributed by atoms with van der Waals surface area (Å²) in [6.07, 6.45) is 0. The van der Waals surface area contributed by atoms with Crippen molar-refractivity contribution in [2.45, 2.75) is 97.8 Å². The zero-order chi connectivity index (χ0) is 63.5. The minimum absolute atomic E-state index is 0.0456. The van der Waals surface area contributed by atoms with Crippen LogP contribution < -0.4 is 31.1 Å². The van der Waals surface area contributed by atoms with E-state index in [1.54, 1.807) is 24.3 Å². The second-order valence-corrected chi connectivity index (χ2v) is 25.2. The first-order valence-electron chi connectivity index (χ1n) is 32.5. The molecule has 10 aromatic carbocycles. The summed E-state index contributed by atoms with van der Waals surface area (Å²) < 4.78 is 86.2. The highest BCUT2D eigenvalue weighted by Gasteiger charge is 2.46. The monoisotopic (exact) mass is 1030 g/mol. The molecule has 3 aliphatic rings. The van der Waals surface area contributed by atoms with E-state index < -0.39 is 36.3 Å². The van der Waals surface area contributed by atoms with Gasteiger partial charge in [0.25, 0.3) is 6.71 Å². The number of fused-ring (bicyclic) bond motifs is 7. The minimum Gasteiger partial charge on any atom is -0.311 e. The van der Waals surface area contributed by atoms with E-state index >= 15 is 0 Å². The molecule has 0 bridgehead atoms.